The Hall–Kier alpha value is -2.67. The molecule has 3 aromatic rings. The van der Waals surface area contributed by atoms with E-state index in [1.165, 1.54) is 28.0 Å². The zero-order valence-corrected chi connectivity index (χ0v) is 17.8. The largest absolute Gasteiger partial charge is 0.289 e. The third-order valence-electron chi connectivity index (χ3n) is 4.13. The number of hydrogen-bond acceptors (Lipinski definition) is 5. The Kier molecular flexibility index (Phi) is 5.94. The molecule has 0 N–H and O–H groups in total. The number of thiazole rings is 1. The van der Waals surface area contributed by atoms with Gasteiger partial charge >= 0.3 is 0 Å². The summed E-state index contributed by atoms with van der Waals surface area (Å²) in [4.78, 5) is 23.8. The smallest absolute Gasteiger partial charge is 0.266 e. The molecule has 2 heterocycles. The van der Waals surface area contributed by atoms with Gasteiger partial charge in [0.25, 0.3) is 5.91 Å². The Labute approximate surface area is 182 Å². The fourth-order valence-corrected chi connectivity index (χ4v) is 4.68. The summed E-state index contributed by atoms with van der Waals surface area (Å²) in [5.74, 6) is -0.131. The first-order valence-corrected chi connectivity index (χ1v) is 10.9. The van der Waals surface area contributed by atoms with Crippen LogP contribution in [0.15, 0.2) is 87.0 Å². The summed E-state index contributed by atoms with van der Waals surface area (Å²) in [6.07, 6.45) is 3.50. The molecule has 1 fully saturated rings. The molecule has 1 amide bonds. The minimum atomic E-state index is -0.131. The SMILES string of the molecule is CN1C(=O)/C(=C/C(Cl)=C/c2ccccc2)S/C1=N/c1nc(-c2ccccc2)cs1. The van der Waals surface area contributed by atoms with Gasteiger partial charge in [-0.2, -0.15) is 4.99 Å². The molecule has 1 aliphatic rings. The van der Waals surface area contributed by atoms with Crippen LogP contribution in [0.3, 0.4) is 0 Å². The lowest BCUT2D eigenvalue weighted by molar-refractivity contribution is -0.121. The Morgan fingerprint density at radius 3 is 2.52 bits per heavy atom. The van der Waals surface area contributed by atoms with Crippen LogP contribution in [0.2, 0.25) is 0 Å². The highest BCUT2D eigenvalue weighted by atomic mass is 35.5. The van der Waals surface area contributed by atoms with Crippen molar-refractivity contribution in [3.8, 4) is 11.3 Å². The van der Waals surface area contributed by atoms with Gasteiger partial charge in [-0.1, -0.05) is 72.3 Å². The number of aliphatic imine (C=N–C) groups is 1. The van der Waals surface area contributed by atoms with Gasteiger partial charge in [-0.05, 0) is 29.5 Å². The summed E-state index contributed by atoms with van der Waals surface area (Å²) in [5.41, 5.74) is 2.89. The van der Waals surface area contributed by atoms with Crippen LogP contribution in [0.25, 0.3) is 17.3 Å². The van der Waals surface area contributed by atoms with Crippen molar-refractivity contribution >= 4 is 57.0 Å². The Balaban J connectivity index is 1.55. The molecule has 0 unspecified atom stereocenters. The first-order chi connectivity index (χ1) is 14.1. The van der Waals surface area contributed by atoms with E-state index in [1.54, 1.807) is 13.1 Å². The molecule has 0 aliphatic carbocycles. The van der Waals surface area contributed by atoms with Gasteiger partial charge < -0.3 is 0 Å². The number of rotatable bonds is 4. The maximum Gasteiger partial charge on any atom is 0.266 e. The van der Waals surface area contributed by atoms with Crippen LogP contribution in [0.5, 0.6) is 0 Å². The second kappa shape index (κ2) is 8.78. The number of amidine groups is 1. The van der Waals surface area contributed by atoms with Gasteiger partial charge in [0.2, 0.25) is 5.13 Å². The molecule has 0 bridgehead atoms. The van der Waals surface area contributed by atoms with E-state index >= 15 is 0 Å². The lowest BCUT2D eigenvalue weighted by Gasteiger charge is -2.05. The third kappa shape index (κ3) is 4.67. The van der Waals surface area contributed by atoms with Crippen molar-refractivity contribution in [2.24, 2.45) is 4.99 Å². The van der Waals surface area contributed by atoms with Gasteiger partial charge in [-0.15, -0.1) is 11.3 Å². The van der Waals surface area contributed by atoms with Crippen molar-refractivity contribution in [3.05, 3.63) is 87.6 Å². The Bertz CT molecular complexity index is 1120. The van der Waals surface area contributed by atoms with Crippen molar-refractivity contribution in [1.29, 1.82) is 0 Å². The number of amides is 1. The molecule has 4 nitrogen and oxygen atoms in total. The second-order valence-electron chi connectivity index (χ2n) is 6.19. The number of allylic oxidation sites excluding steroid dienone is 2. The Morgan fingerprint density at radius 1 is 1.10 bits per heavy atom. The molecule has 1 aliphatic heterocycles. The van der Waals surface area contributed by atoms with Crippen LogP contribution in [-0.4, -0.2) is 28.0 Å². The fraction of sp³-hybridized carbons (Fsp3) is 0.0455. The number of aromatic nitrogens is 1. The van der Waals surface area contributed by atoms with E-state index in [4.69, 9.17) is 11.6 Å². The first kappa shape index (κ1) is 19.6. The highest BCUT2D eigenvalue weighted by Gasteiger charge is 2.30. The van der Waals surface area contributed by atoms with Crippen molar-refractivity contribution in [1.82, 2.24) is 9.88 Å². The average Bonchev–Trinajstić information content (AvgIpc) is 3.30. The monoisotopic (exact) mass is 437 g/mol. The quantitative estimate of drug-likeness (QED) is 0.458. The van der Waals surface area contributed by atoms with E-state index in [0.29, 0.717) is 20.2 Å². The summed E-state index contributed by atoms with van der Waals surface area (Å²) < 4.78 is 0. The molecule has 0 atom stereocenters. The summed E-state index contributed by atoms with van der Waals surface area (Å²) in [5, 5.41) is 3.65. The van der Waals surface area contributed by atoms with Crippen LogP contribution in [0, 0.1) is 0 Å². The standard InChI is InChI=1S/C22H16ClN3OS2/c1-26-20(27)19(13-17(23)12-15-8-4-2-5-9-15)29-22(26)25-21-24-18(14-28-21)16-10-6-3-7-11-16/h2-14H,1H3/b17-12-,19-13-,25-22+. The van der Waals surface area contributed by atoms with Gasteiger partial charge in [-0.25, -0.2) is 4.98 Å². The summed E-state index contributed by atoms with van der Waals surface area (Å²) in [6.45, 7) is 0. The highest BCUT2D eigenvalue weighted by Crippen LogP contribution is 2.35. The first-order valence-electron chi connectivity index (χ1n) is 8.79. The van der Waals surface area contributed by atoms with Gasteiger partial charge in [0.15, 0.2) is 5.17 Å². The van der Waals surface area contributed by atoms with E-state index < -0.39 is 0 Å². The highest BCUT2D eigenvalue weighted by molar-refractivity contribution is 8.18. The van der Waals surface area contributed by atoms with Crippen molar-refractivity contribution < 1.29 is 4.79 Å². The van der Waals surface area contributed by atoms with Crippen LogP contribution >= 0.6 is 34.7 Å². The lowest BCUT2D eigenvalue weighted by Crippen LogP contribution is -2.23. The van der Waals surface area contributed by atoms with Crippen LogP contribution in [0.4, 0.5) is 5.13 Å². The van der Waals surface area contributed by atoms with Crippen LogP contribution in [0.1, 0.15) is 5.56 Å². The maximum absolute atomic E-state index is 12.6. The molecule has 29 heavy (non-hydrogen) atoms. The molecule has 0 radical (unpaired) electrons. The number of thioether (sulfide) groups is 1. The van der Waals surface area contributed by atoms with E-state index in [-0.39, 0.29) is 5.91 Å². The number of carbonyl (C=O) groups is 1. The predicted molar refractivity (Wildman–Crippen MR) is 123 cm³/mol. The lowest BCUT2D eigenvalue weighted by atomic mass is 10.2. The normalized spacial score (nSPS) is 17.5. The van der Waals surface area contributed by atoms with Crippen LogP contribution < -0.4 is 0 Å². The van der Waals surface area contributed by atoms with Gasteiger partial charge in [0.1, 0.15) is 0 Å². The Morgan fingerprint density at radius 2 is 1.79 bits per heavy atom. The molecule has 0 saturated carbocycles. The van der Waals surface area contributed by atoms with E-state index in [0.717, 1.165) is 16.8 Å². The van der Waals surface area contributed by atoms with Crippen molar-refractivity contribution in [2.45, 2.75) is 0 Å². The second-order valence-corrected chi connectivity index (χ2v) is 8.47. The number of benzene rings is 2. The minimum Gasteiger partial charge on any atom is -0.289 e. The summed E-state index contributed by atoms with van der Waals surface area (Å²) in [6, 6.07) is 19.7. The summed E-state index contributed by atoms with van der Waals surface area (Å²) >= 11 is 9.08. The minimum absolute atomic E-state index is 0.131. The van der Waals surface area contributed by atoms with E-state index in [2.05, 4.69) is 9.98 Å². The number of hydrogen-bond donors (Lipinski definition) is 0. The molecule has 7 heteroatoms. The van der Waals surface area contributed by atoms with Gasteiger partial charge in [0, 0.05) is 23.0 Å². The molecule has 1 aromatic heterocycles. The number of carbonyl (C=O) groups excluding carboxylic acids is 1. The molecule has 144 valence electrons. The number of likely N-dealkylation sites (N-methyl/N-ethyl adjacent to an activating group) is 1. The van der Waals surface area contributed by atoms with Crippen molar-refractivity contribution in [2.75, 3.05) is 7.05 Å². The zero-order valence-electron chi connectivity index (χ0n) is 15.4. The number of nitrogens with zero attached hydrogens (tertiary/aromatic N) is 3. The van der Waals surface area contributed by atoms with Gasteiger partial charge in [0.05, 0.1) is 10.6 Å². The molecule has 2 aromatic carbocycles. The molecule has 0 spiro atoms. The van der Waals surface area contributed by atoms with Crippen LogP contribution in [-0.2, 0) is 4.79 Å². The fourth-order valence-electron chi connectivity index (χ4n) is 2.67. The van der Waals surface area contributed by atoms with E-state index in [9.17, 15) is 4.79 Å². The molecular weight excluding hydrogens is 422 g/mol. The summed E-state index contributed by atoms with van der Waals surface area (Å²) in [7, 11) is 1.70. The predicted octanol–water partition coefficient (Wildman–Crippen LogP) is 6.17. The van der Waals surface area contributed by atoms with Crippen molar-refractivity contribution in [3.63, 3.8) is 0 Å². The maximum atomic E-state index is 12.6. The third-order valence-corrected chi connectivity index (χ3v) is 6.14. The molecular formula is C22H16ClN3OS2. The molecule has 1 saturated heterocycles. The average molecular weight is 438 g/mol. The van der Waals surface area contributed by atoms with E-state index in [1.807, 2.05) is 72.1 Å². The van der Waals surface area contributed by atoms with Gasteiger partial charge in [-0.3, -0.25) is 9.69 Å². The number of halogens is 1. The topological polar surface area (TPSA) is 45.6 Å². The zero-order chi connectivity index (χ0) is 20.2. The molecule has 4 rings (SSSR count).